The summed E-state index contributed by atoms with van der Waals surface area (Å²) in [6.45, 7) is 8.91. The molecule has 0 unspecified atom stereocenters. The molecule has 6 heteroatoms. The number of carbonyl (C=O) groups is 2. The van der Waals surface area contributed by atoms with Crippen LogP contribution in [0.15, 0.2) is 11.6 Å². The highest BCUT2D eigenvalue weighted by molar-refractivity contribution is 5.99. The van der Waals surface area contributed by atoms with E-state index < -0.39 is 5.97 Å². The molecule has 0 aliphatic heterocycles. The first-order chi connectivity index (χ1) is 13.8. The molecule has 0 bridgehead atoms. The van der Waals surface area contributed by atoms with Crippen molar-refractivity contribution in [3.05, 3.63) is 28.6 Å². The molecule has 1 fully saturated rings. The van der Waals surface area contributed by atoms with Crippen LogP contribution in [0.3, 0.4) is 0 Å². The molecule has 1 N–H and O–H groups in total. The molecular formula is C23H33N3O3. The van der Waals surface area contributed by atoms with Crippen molar-refractivity contribution in [1.29, 1.82) is 5.26 Å². The molecule has 0 saturated heterocycles. The molecule has 29 heavy (non-hydrogen) atoms. The van der Waals surface area contributed by atoms with Crippen molar-refractivity contribution in [1.82, 2.24) is 9.88 Å². The molecule has 6 nitrogen and oxygen atoms in total. The zero-order valence-electron chi connectivity index (χ0n) is 18.1. The van der Waals surface area contributed by atoms with Crippen molar-refractivity contribution in [3.63, 3.8) is 0 Å². The van der Waals surface area contributed by atoms with Gasteiger partial charge in [-0.25, -0.2) is 4.79 Å². The van der Waals surface area contributed by atoms with E-state index in [0.717, 1.165) is 55.6 Å². The fourth-order valence-electron chi connectivity index (χ4n) is 3.72. The van der Waals surface area contributed by atoms with E-state index in [4.69, 9.17) is 4.74 Å². The lowest BCUT2D eigenvalue weighted by molar-refractivity contribution is -0.144. The van der Waals surface area contributed by atoms with Gasteiger partial charge in [0.15, 0.2) is 6.61 Å². The van der Waals surface area contributed by atoms with Gasteiger partial charge in [-0.05, 0) is 56.7 Å². The quantitative estimate of drug-likeness (QED) is 0.406. The number of nitrogens with one attached hydrogen (secondary N) is 1. The highest BCUT2D eigenvalue weighted by Crippen LogP contribution is 2.20. The van der Waals surface area contributed by atoms with Crippen LogP contribution in [-0.2, 0) is 20.9 Å². The van der Waals surface area contributed by atoms with Gasteiger partial charge in [0, 0.05) is 24.0 Å². The Bertz CT molecular complexity index is 793. The molecule has 0 atom stereocenters. The van der Waals surface area contributed by atoms with E-state index in [1.165, 1.54) is 6.42 Å². The Hall–Kier alpha value is -2.55. The second kappa shape index (κ2) is 10.8. The average molecular weight is 400 g/mol. The molecule has 1 heterocycles. The molecule has 0 aromatic carbocycles. The molecule has 158 valence electrons. The fourth-order valence-corrected chi connectivity index (χ4v) is 3.72. The summed E-state index contributed by atoms with van der Waals surface area (Å²) in [5.74, 6) is -0.479. The maximum absolute atomic E-state index is 12.3. The Morgan fingerprint density at radius 3 is 2.62 bits per heavy atom. The first-order valence-electron chi connectivity index (χ1n) is 10.6. The van der Waals surface area contributed by atoms with Crippen molar-refractivity contribution >= 4 is 18.0 Å². The van der Waals surface area contributed by atoms with Gasteiger partial charge in [-0.3, -0.25) is 4.79 Å². The van der Waals surface area contributed by atoms with Gasteiger partial charge in [-0.2, -0.15) is 5.26 Å². The van der Waals surface area contributed by atoms with Gasteiger partial charge >= 0.3 is 5.97 Å². The molecular weight excluding hydrogens is 366 g/mol. The number of ether oxygens (including phenoxy) is 1. The lowest BCUT2D eigenvalue weighted by Gasteiger charge is -2.22. The molecule has 1 aromatic rings. The molecule has 1 aliphatic rings. The van der Waals surface area contributed by atoms with E-state index in [-0.39, 0.29) is 24.1 Å². The number of nitriles is 1. The Morgan fingerprint density at radius 2 is 2.00 bits per heavy atom. The smallest absolute Gasteiger partial charge is 0.349 e. The number of aryl methyl sites for hydroxylation is 1. The Balaban J connectivity index is 1.98. The number of hydrogen-bond donors (Lipinski definition) is 1. The van der Waals surface area contributed by atoms with Gasteiger partial charge in [0.1, 0.15) is 11.6 Å². The molecule has 1 saturated carbocycles. The number of rotatable bonds is 8. The zero-order valence-corrected chi connectivity index (χ0v) is 18.1. The van der Waals surface area contributed by atoms with Crippen LogP contribution < -0.4 is 5.32 Å². The summed E-state index contributed by atoms with van der Waals surface area (Å²) in [6, 6.07) is 4.04. The van der Waals surface area contributed by atoms with Crippen LogP contribution in [0.1, 0.15) is 69.3 Å². The zero-order chi connectivity index (χ0) is 21.4. The number of aromatic nitrogens is 1. The Morgan fingerprint density at radius 1 is 1.31 bits per heavy atom. The number of nitrogens with zero attached hydrogens (tertiary/aromatic N) is 2. The maximum Gasteiger partial charge on any atom is 0.349 e. The minimum atomic E-state index is -0.765. The van der Waals surface area contributed by atoms with E-state index in [2.05, 4.69) is 23.7 Å². The van der Waals surface area contributed by atoms with Crippen molar-refractivity contribution < 1.29 is 14.3 Å². The lowest BCUT2D eigenvalue weighted by atomic mass is 9.95. The molecule has 0 radical (unpaired) electrons. The summed E-state index contributed by atoms with van der Waals surface area (Å²) >= 11 is 0. The largest absolute Gasteiger partial charge is 0.451 e. The van der Waals surface area contributed by atoms with E-state index >= 15 is 0 Å². The average Bonchev–Trinajstić information content (AvgIpc) is 2.96. The van der Waals surface area contributed by atoms with Crippen LogP contribution in [0.4, 0.5) is 0 Å². The van der Waals surface area contributed by atoms with E-state index in [1.54, 1.807) is 6.08 Å². The number of carbonyl (C=O) groups excluding carboxylic acids is 2. The topological polar surface area (TPSA) is 84.1 Å². The Kier molecular flexibility index (Phi) is 8.50. The fraction of sp³-hybridized carbons (Fsp3) is 0.609. The van der Waals surface area contributed by atoms with Gasteiger partial charge < -0.3 is 14.6 Å². The predicted molar refractivity (Wildman–Crippen MR) is 113 cm³/mol. The van der Waals surface area contributed by atoms with Crippen LogP contribution >= 0.6 is 0 Å². The summed E-state index contributed by atoms with van der Waals surface area (Å²) < 4.78 is 7.28. The number of esters is 1. The van der Waals surface area contributed by atoms with E-state index in [0.29, 0.717) is 5.92 Å². The Labute approximate surface area is 173 Å². The highest BCUT2D eigenvalue weighted by Gasteiger charge is 2.18. The third-order valence-corrected chi connectivity index (χ3v) is 5.49. The van der Waals surface area contributed by atoms with Crippen LogP contribution in [0.2, 0.25) is 0 Å². The number of amides is 1. The van der Waals surface area contributed by atoms with Gasteiger partial charge in [-0.15, -0.1) is 0 Å². The van der Waals surface area contributed by atoms with Crippen molar-refractivity contribution in [2.75, 3.05) is 6.61 Å². The summed E-state index contributed by atoms with van der Waals surface area (Å²) in [4.78, 5) is 24.3. The summed E-state index contributed by atoms with van der Waals surface area (Å²) in [5.41, 5.74) is 2.83. The second-order valence-corrected chi connectivity index (χ2v) is 8.31. The molecule has 1 aliphatic carbocycles. The van der Waals surface area contributed by atoms with Gasteiger partial charge in [-0.1, -0.05) is 33.1 Å². The standard InChI is InChI=1S/C23H33N3O3/c1-16(2)10-11-26-17(3)12-19(18(26)4)13-20(14-24)23(28)29-15-22(27)25-21-8-6-5-7-9-21/h12-13,16,21H,5-11,15H2,1-4H3,(H,25,27)/b20-13+. The highest BCUT2D eigenvalue weighted by atomic mass is 16.5. The van der Waals surface area contributed by atoms with Crippen LogP contribution in [0, 0.1) is 31.1 Å². The summed E-state index contributed by atoms with van der Waals surface area (Å²) in [7, 11) is 0. The van der Waals surface area contributed by atoms with Crippen LogP contribution in [0.5, 0.6) is 0 Å². The first-order valence-corrected chi connectivity index (χ1v) is 10.6. The van der Waals surface area contributed by atoms with Crippen LogP contribution in [-0.4, -0.2) is 29.1 Å². The predicted octanol–water partition coefficient (Wildman–Crippen LogP) is 4.05. The van der Waals surface area contributed by atoms with E-state index in [1.807, 2.05) is 26.0 Å². The first kappa shape index (κ1) is 22.7. The minimum absolute atomic E-state index is 0.0976. The minimum Gasteiger partial charge on any atom is -0.451 e. The summed E-state index contributed by atoms with van der Waals surface area (Å²) in [6.07, 6.45) is 7.97. The normalized spacial score (nSPS) is 15.2. The van der Waals surface area contributed by atoms with Crippen molar-refractivity contribution in [2.45, 2.75) is 78.8 Å². The number of hydrogen-bond acceptors (Lipinski definition) is 4. The molecule has 0 spiro atoms. The molecule has 2 rings (SSSR count). The molecule has 1 aromatic heterocycles. The maximum atomic E-state index is 12.3. The summed E-state index contributed by atoms with van der Waals surface area (Å²) in [5, 5.41) is 12.3. The monoisotopic (exact) mass is 399 g/mol. The SMILES string of the molecule is Cc1cc(/C=C(\C#N)C(=O)OCC(=O)NC2CCCCC2)c(C)n1CCC(C)C. The third kappa shape index (κ3) is 6.77. The second-order valence-electron chi connectivity index (χ2n) is 8.31. The van der Waals surface area contributed by atoms with E-state index in [9.17, 15) is 14.9 Å². The van der Waals surface area contributed by atoms with Crippen molar-refractivity contribution in [3.8, 4) is 6.07 Å². The van der Waals surface area contributed by atoms with Crippen LogP contribution in [0.25, 0.3) is 6.08 Å². The lowest BCUT2D eigenvalue weighted by Crippen LogP contribution is -2.38. The third-order valence-electron chi connectivity index (χ3n) is 5.49. The van der Waals surface area contributed by atoms with Gasteiger partial charge in [0.25, 0.3) is 5.91 Å². The van der Waals surface area contributed by atoms with Gasteiger partial charge in [0.2, 0.25) is 0 Å². The van der Waals surface area contributed by atoms with Gasteiger partial charge in [0.05, 0.1) is 0 Å². The van der Waals surface area contributed by atoms with Crippen molar-refractivity contribution in [2.24, 2.45) is 5.92 Å². The molecule has 1 amide bonds.